The van der Waals surface area contributed by atoms with Gasteiger partial charge in [0.15, 0.2) is 6.61 Å². The summed E-state index contributed by atoms with van der Waals surface area (Å²) < 4.78 is 5.09. The molecular formula is C19H26N2O5. The molecule has 0 aromatic heterocycles. The Morgan fingerprint density at radius 1 is 1.19 bits per heavy atom. The molecule has 26 heavy (non-hydrogen) atoms. The summed E-state index contributed by atoms with van der Waals surface area (Å²) >= 11 is 0. The normalized spacial score (nSPS) is 16.3. The van der Waals surface area contributed by atoms with E-state index in [9.17, 15) is 14.4 Å². The van der Waals surface area contributed by atoms with E-state index in [0.29, 0.717) is 18.7 Å². The van der Waals surface area contributed by atoms with Gasteiger partial charge >= 0.3 is 5.97 Å². The molecule has 0 spiro atoms. The molecule has 0 saturated carbocycles. The fourth-order valence-electron chi connectivity index (χ4n) is 2.92. The number of carboxylic acid groups (broad SMARTS) is 1. The van der Waals surface area contributed by atoms with Crippen LogP contribution in [0.15, 0.2) is 24.3 Å². The van der Waals surface area contributed by atoms with E-state index in [-0.39, 0.29) is 24.4 Å². The predicted molar refractivity (Wildman–Crippen MR) is 95.8 cm³/mol. The number of carboxylic acids is 1. The van der Waals surface area contributed by atoms with Crippen LogP contribution in [0.25, 0.3) is 0 Å². The lowest BCUT2D eigenvalue weighted by Crippen LogP contribution is -2.42. The highest BCUT2D eigenvalue weighted by Gasteiger charge is 2.19. The first-order valence-corrected chi connectivity index (χ1v) is 8.97. The van der Waals surface area contributed by atoms with E-state index in [2.05, 4.69) is 5.32 Å². The summed E-state index contributed by atoms with van der Waals surface area (Å²) in [5.74, 6) is -0.709. The second-order valence-corrected chi connectivity index (χ2v) is 6.52. The lowest BCUT2D eigenvalue weighted by molar-refractivity contribution is -0.139. The van der Waals surface area contributed by atoms with Gasteiger partial charge in [0.1, 0.15) is 5.75 Å². The SMILES string of the molecule is CC(NC(=O)CN1CCCCCCC1=O)c1ccc(OCC(=O)O)cc1. The fraction of sp³-hybridized carbons (Fsp3) is 0.526. The van der Waals surface area contributed by atoms with E-state index in [1.807, 2.05) is 6.92 Å². The van der Waals surface area contributed by atoms with Gasteiger partial charge in [-0.25, -0.2) is 4.79 Å². The van der Waals surface area contributed by atoms with Crippen molar-refractivity contribution in [3.63, 3.8) is 0 Å². The standard InChI is InChI=1S/C19H26N2O5/c1-14(15-7-9-16(10-8-15)26-13-19(24)25)20-17(22)12-21-11-5-3-2-4-6-18(21)23/h7-10,14H,2-6,11-13H2,1H3,(H,20,22)(H,24,25). The molecule has 1 aromatic carbocycles. The number of benzene rings is 1. The van der Waals surface area contributed by atoms with Crippen molar-refractivity contribution in [1.82, 2.24) is 10.2 Å². The second kappa shape index (κ2) is 9.79. The molecular weight excluding hydrogens is 336 g/mol. The third kappa shape index (κ3) is 6.38. The van der Waals surface area contributed by atoms with Crippen LogP contribution in [0.3, 0.4) is 0 Å². The first-order chi connectivity index (χ1) is 12.5. The van der Waals surface area contributed by atoms with Crippen molar-refractivity contribution in [2.24, 2.45) is 0 Å². The van der Waals surface area contributed by atoms with Crippen LogP contribution < -0.4 is 10.1 Å². The highest BCUT2D eigenvalue weighted by Crippen LogP contribution is 2.18. The number of likely N-dealkylation sites (tertiary alicyclic amines) is 1. The van der Waals surface area contributed by atoms with Crippen LogP contribution in [0, 0.1) is 0 Å². The Hall–Kier alpha value is -2.57. The molecule has 0 aliphatic carbocycles. The van der Waals surface area contributed by atoms with E-state index in [1.165, 1.54) is 0 Å². The first kappa shape index (κ1) is 19.8. The molecule has 0 radical (unpaired) electrons. The Balaban J connectivity index is 1.85. The van der Waals surface area contributed by atoms with Crippen LogP contribution >= 0.6 is 0 Å². The van der Waals surface area contributed by atoms with E-state index in [4.69, 9.17) is 9.84 Å². The number of carbonyl (C=O) groups is 3. The van der Waals surface area contributed by atoms with Crippen LogP contribution in [0.2, 0.25) is 0 Å². The number of rotatable bonds is 7. The molecule has 1 fully saturated rings. The number of nitrogens with one attached hydrogen (secondary N) is 1. The number of aliphatic carboxylic acids is 1. The number of hydrogen-bond donors (Lipinski definition) is 2. The van der Waals surface area contributed by atoms with E-state index in [0.717, 1.165) is 31.2 Å². The average Bonchev–Trinajstić information content (AvgIpc) is 2.60. The molecule has 142 valence electrons. The summed E-state index contributed by atoms with van der Waals surface area (Å²) in [6, 6.07) is 6.68. The van der Waals surface area contributed by atoms with Gasteiger partial charge in [-0.3, -0.25) is 9.59 Å². The van der Waals surface area contributed by atoms with Gasteiger partial charge in [0.05, 0.1) is 12.6 Å². The van der Waals surface area contributed by atoms with Crippen LogP contribution in [-0.2, 0) is 14.4 Å². The van der Waals surface area contributed by atoms with Gasteiger partial charge in [0, 0.05) is 13.0 Å². The maximum absolute atomic E-state index is 12.3. The Morgan fingerprint density at radius 3 is 2.58 bits per heavy atom. The van der Waals surface area contributed by atoms with E-state index >= 15 is 0 Å². The van der Waals surface area contributed by atoms with Crippen molar-refractivity contribution in [2.75, 3.05) is 19.7 Å². The fourth-order valence-corrected chi connectivity index (χ4v) is 2.92. The predicted octanol–water partition coefficient (Wildman–Crippen LogP) is 2.12. The third-order valence-corrected chi connectivity index (χ3v) is 4.38. The van der Waals surface area contributed by atoms with E-state index in [1.54, 1.807) is 29.2 Å². The van der Waals surface area contributed by atoms with Crippen molar-refractivity contribution in [1.29, 1.82) is 0 Å². The highest BCUT2D eigenvalue weighted by molar-refractivity contribution is 5.85. The van der Waals surface area contributed by atoms with Crippen LogP contribution in [-0.4, -0.2) is 47.5 Å². The zero-order valence-corrected chi connectivity index (χ0v) is 15.1. The van der Waals surface area contributed by atoms with Gasteiger partial charge in [-0.15, -0.1) is 0 Å². The Labute approximate surface area is 153 Å². The molecule has 1 unspecified atom stereocenters. The molecule has 7 nitrogen and oxygen atoms in total. The summed E-state index contributed by atoms with van der Waals surface area (Å²) in [7, 11) is 0. The van der Waals surface area contributed by atoms with Crippen molar-refractivity contribution >= 4 is 17.8 Å². The van der Waals surface area contributed by atoms with Crippen molar-refractivity contribution in [2.45, 2.75) is 45.1 Å². The van der Waals surface area contributed by atoms with Gasteiger partial charge in [-0.05, 0) is 37.5 Å². The smallest absolute Gasteiger partial charge is 0.341 e. The van der Waals surface area contributed by atoms with Crippen LogP contribution in [0.1, 0.15) is 50.6 Å². The topological polar surface area (TPSA) is 95.9 Å². The molecule has 2 N–H and O–H groups in total. The molecule has 2 amide bonds. The van der Waals surface area contributed by atoms with Crippen LogP contribution in [0.5, 0.6) is 5.75 Å². The summed E-state index contributed by atoms with van der Waals surface area (Å²) in [5.41, 5.74) is 0.875. The second-order valence-electron chi connectivity index (χ2n) is 6.52. The number of carbonyl (C=O) groups excluding carboxylic acids is 2. The molecule has 1 saturated heterocycles. The minimum Gasteiger partial charge on any atom is -0.482 e. The van der Waals surface area contributed by atoms with Gasteiger partial charge in [0.2, 0.25) is 11.8 Å². The Morgan fingerprint density at radius 2 is 1.88 bits per heavy atom. The Bertz CT molecular complexity index is 629. The molecule has 1 aromatic rings. The Kier molecular flexibility index (Phi) is 7.44. The maximum Gasteiger partial charge on any atom is 0.341 e. The summed E-state index contributed by atoms with van der Waals surface area (Å²) in [4.78, 5) is 36.5. The minimum absolute atomic E-state index is 0.0486. The maximum atomic E-state index is 12.3. The molecule has 1 aliphatic rings. The lowest BCUT2D eigenvalue weighted by atomic mass is 10.1. The summed E-state index contributed by atoms with van der Waals surface area (Å²) in [6.45, 7) is 2.19. The zero-order valence-electron chi connectivity index (χ0n) is 15.1. The molecule has 1 atom stereocenters. The van der Waals surface area contributed by atoms with Crippen molar-refractivity contribution in [3.05, 3.63) is 29.8 Å². The van der Waals surface area contributed by atoms with Gasteiger partial charge in [-0.2, -0.15) is 0 Å². The monoisotopic (exact) mass is 362 g/mol. The lowest BCUT2D eigenvalue weighted by Gasteiger charge is -2.25. The van der Waals surface area contributed by atoms with Crippen molar-refractivity contribution in [3.8, 4) is 5.75 Å². The molecule has 2 rings (SSSR count). The zero-order chi connectivity index (χ0) is 18.9. The average molecular weight is 362 g/mol. The van der Waals surface area contributed by atoms with Gasteiger partial charge in [0.25, 0.3) is 0 Å². The molecule has 7 heteroatoms. The first-order valence-electron chi connectivity index (χ1n) is 8.97. The quantitative estimate of drug-likeness (QED) is 0.774. The van der Waals surface area contributed by atoms with Gasteiger partial charge in [-0.1, -0.05) is 25.0 Å². The van der Waals surface area contributed by atoms with Gasteiger partial charge < -0.3 is 20.1 Å². The number of hydrogen-bond acceptors (Lipinski definition) is 4. The molecule has 1 heterocycles. The number of amides is 2. The molecule has 1 aliphatic heterocycles. The third-order valence-electron chi connectivity index (χ3n) is 4.38. The largest absolute Gasteiger partial charge is 0.482 e. The number of nitrogens with zero attached hydrogens (tertiary/aromatic N) is 1. The van der Waals surface area contributed by atoms with E-state index < -0.39 is 12.6 Å². The number of ether oxygens (including phenoxy) is 1. The van der Waals surface area contributed by atoms with Crippen molar-refractivity contribution < 1.29 is 24.2 Å². The summed E-state index contributed by atoms with van der Waals surface area (Å²) in [6.07, 6.45) is 4.52. The minimum atomic E-state index is -1.03. The highest BCUT2D eigenvalue weighted by atomic mass is 16.5. The molecule has 0 bridgehead atoms. The summed E-state index contributed by atoms with van der Waals surface area (Å²) in [5, 5.41) is 11.5. The van der Waals surface area contributed by atoms with Crippen LogP contribution in [0.4, 0.5) is 0 Å².